The van der Waals surface area contributed by atoms with Crippen LogP contribution in [0.1, 0.15) is 11.1 Å². The maximum atomic E-state index is 4.48. The third-order valence-corrected chi connectivity index (χ3v) is 2.11. The van der Waals surface area contributed by atoms with Crippen molar-refractivity contribution in [3.05, 3.63) is 65.3 Å². The first-order valence-corrected chi connectivity index (χ1v) is 5.01. The van der Waals surface area contributed by atoms with E-state index >= 15 is 0 Å². The van der Waals surface area contributed by atoms with Crippen molar-refractivity contribution in [2.24, 2.45) is 0 Å². The molecule has 0 saturated heterocycles. The molecule has 0 bridgehead atoms. The van der Waals surface area contributed by atoms with Crippen molar-refractivity contribution in [2.45, 2.75) is 13.8 Å². The summed E-state index contributed by atoms with van der Waals surface area (Å²) in [6.45, 7) is 4.15. The molecule has 0 aliphatic heterocycles. The highest BCUT2D eigenvalue weighted by Crippen LogP contribution is 2.13. The Labute approximate surface area is 90.2 Å². The van der Waals surface area contributed by atoms with Gasteiger partial charge in [0, 0.05) is 11.1 Å². The van der Waals surface area contributed by atoms with Crippen molar-refractivity contribution < 1.29 is 4.68 Å². The molecule has 0 unspecified atom stereocenters. The SMILES string of the molecule is Cc1cc(C)c[n+]([N-]c2ccccc2)c1. The first kappa shape index (κ1) is 9.71. The highest BCUT2D eigenvalue weighted by molar-refractivity contribution is 5.44. The molecule has 0 amide bonds. The molecule has 0 N–H and O–H groups in total. The maximum Gasteiger partial charge on any atom is 0.167 e. The van der Waals surface area contributed by atoms with E-state index in [1.54, 1.807) is 0 Å². The number of benzene rings is 1. The summed E-state index contributed by atoms with van der Waals surface area (Å²) in [5.41, 5.74) is 7.88. The smallest absolute Gasteiger partial charge is 0.167 e. The summed E-state index contributed by atoms with van der Waals surface area (Å²) in [4.78, 5) is 0. The average molecular weight is 198 g/mol. The molecule has 76 valence electrons. The Morgan fingerprint density at radius 2 is 1.53 bits per heavy atom. The van der Waals surface area contributed by atoms with Crippen molar-refractivity contribution in [3.63, 3.8) is 0 Å². The summed E-state index contributed by atoms with van der Waals surface area (Å²) in [5.74, 6) is 0. The maximum absolute atomic E-state index is 4.48. The number of pyridine rings is 1. The average Bonchev–Trinajstić information content (AvgIpc) is 2.17. The number of hydrogen-bond acceptors (Lipinski definition) is 0. The second-order valence-electron chi connectivity index (χ2n) is 3.71. The predicted molar refractivity (Wildman–Crippen MR) is 61.0 cm³/mol. The van der Waals surface area contributed by atoms with Crippen molar-refractivity contribution in [3.8, 4) is 0 Å². The van der Waals surface area contributed by atoms with Gasteiger partial charge in [-0.2, -0.15) is 0 Å². The molecule has 2 aromatic rings. The van der Waals surface area contributed by atoms with E-state index in [1.165, 1.54) is 11.1 Å². The zero-order valence-electron chi connectivity index (χ0n) is 9.01. The molecule has 0 saturated carbocycles. The van der Waals surface area contributed by atoms with Crippen LogP contribution in [0.15, 0.2) is 48.8 Å². The van der Waals surface area contributed by atoms with Gasteiger partial charge in [-0.15, -0.1) is 0 Å². The highest BCUT2D eigenvalue weighted by Gasteiger charge is 1.95. The van der Waals surface area contributed by atoms with Crippen LogP contribution in [0.4, 0.5) is 5.69 Å². The fourth-order valence-electron chi connectivity index (χ4n) is 1.57. The Morgan fingerprint density at radius 1 is 0.933 bits per heavy atom. The minimum atomic E-state index is 0.965. The molecule has 2 heteroatoms. The standard InChI is InChI=1S/C13H14N2/c1-11-8-12(2)10-15(9-11)14-13-6-4-3-5-7-13/h3-10H,1-2H3. The Kier molecular flexibility index (Phi) is 2.68. The molecule has 0 aliphatic carbocycles. The van der Waals surface area contributed by atoms with Gasteiger partial charge in [0.2, 0.25) is 0 Å². The van der Waals surface area contributed by atoms with E-state index < -0.39 is 0 Å². The molecule has 1 aromatic heterocycles. The molecule has 0 aliphatic rings. The fraction of sp³-hybridized carbons (Fsp3) is 0.154. The van der Waals surface area contributed by atoms with Gasteiger partial charge in [-0.1, -0.05) is 36.0 Å². The van der Waals surface area contributed by atoms with Gasteiger partial charge in [0.1, 0.15) is 0 Å². The van der Waals surface area contributed by atoms with Crippen molar-refractivity contribution in [1.82, 2.24) is 0 Å². The third kappa shape index (κ3) is 2.56. The zero-order chi connectivity index (χ0) is 10.7. The summed E-state index contributed by atoms with van der Waals surface area (Å²) in [6, 6.07) is 12.1. The Balaban J connectivity index is 2.25. The lowest BCUT2D eigenvalue weighted by molar-refractivity contribution is -0.619. The van der Waals surface area contributed by atoms with Crippen molar-refractivity contribution in [1.29, 1.82) is 0 Å². The van der Waals surface area contributed by atoms with Gasteiger partial charge in [0.25, 0.3) is 0 Å². The topological polar surface area (TPSA) is 18.0 Å². The molecule has 2 nitrogen and oxygen atoms in total. The molecular formula is C13H14N2. The number of nitrogens with zero attached hydrogens (tertiary/aromatic N) is 2. The quantitative estimate of drug-likeness (QED) is 0.660. The summed E-state index contributed by atoms with van der Waals surface area (Å²) in [7, 11) is 0. The van der Waals surface area contributed by atoms with Gasteiger partial charge >= 0.3 is 0 Å². The molecular weight excluding hydrogens is 184 g/mol. The highest BCUT2D eigenvalue weighted by atomic mass is 15.4. The molecule has 0 fully saturated rings. The molecule has 0 radical (unpaired) electrons. The van der Waals surface area contributed by atoms with Gasteiger partial charge in [-0.05, 0) is 19.9 Å². The predicted octanol–water partition coefficient (Wildman–Crippen LogP) is 3.06. The Morgan fingerprint density at radius 3 is 2.13 bits per heavy atom. The van der Waals surface area contributed by atoms with Gasteiger partial charge in [-0.25, -0.2) is 4.68 Å². The van der Waals surface area contributed by atoms with Crippen LogP contribution in [0.3, 0.4) is 0 Å². The first-order valence-electron chi connectivity index (χ1n) is 5.01. The van der Waals surface area contributed by atoms with E-state index in [0.29, 0.717) is 0 Å². The largest absolute Gasteiger partial charge is 0.405 e. The van der Waals surface area contributed by atoms with E-state index in [-0.39, 0.29) is 0 Å². The van der Waals surface area contributed by atoms with Gasteiger partial charge in [0.15, 0.2) is 12.4 Å². The Hall–Kier alpha value is -1.83. The molecule has 1 heterocycles. The van der Waals surface area contributed by atoms with Crippen LogP contribution < -0.4 is 4.68 Å². The van der Waals surface area contributed by atoms with Crippen LogP contribution in [0.5, 0.6) is 0 Å². The lowest BCUT2D eigenvalue weighted by Gasteiger charge is -2.14. The monoisotopic (exact) mass is 198 g/mol. The molecule has 1 aromatic carbocycles. The van der Waals surface area contributed by atoms with Gasteiger partial charge in [0.05, 0.1) is 0 Å². The minimum absolute atomic E-state index is 0.965. The zero-order valence-corrected chi connectivity index (χ0v) is 9.01. The second kappa shape index (κ2) is 4.13. The molecule has 0 atom stereocenters. The number of rotatable bonds is 2. The summed E-state index contributed by atoms with van der Waals surface area (Å²) in [5, 5.41) is 0. The van der Waals surface area contributed by atoms with Crippen LogP contribution in [0.2, 0.25) is 0 Å². The van der Waals surface area contributed by atoms with Gasteiger partial charge < -0.3 is 5.43 Å². The van der Waals surface area contributed by atoms with E-state index in [4.69, 9.17) is 0 Å². The lowest BCUT2D eigenvalue weighted by atomic mass is 10.2. The Bertz CT molecular complexity index is 429. The van der Waals surface area contributed by atoms with Crippen LogP contribution in [-0.4, -0.2) is 0 Å². The van der Waals surface area contributed by atoms with Crippen LogP contribution in [-0.2, 0) is 0 Å². The molecule has 2 rings (SSSR count). The molecule has 15 heavy (non-hydrogen) atoms. The fourth-order valence-corrected chi connectivity index (χ4v) is 1.57. The summed E-state index contributed by atoms with van der Waals surface area (Å²) >= 11 is 0. The summed E-state index contributed by atoms with van der Waals surface area (Å²) in [6.07, 6.45) is 4.03. The lowest BCUT2D eigenvalue weighted by Crippen LogP contribution is -2.27. The van der Waals surface area contributed by atoms with E-state index in [9.17, 15) is 0 Å². The third-order valence-electron chi connectivity index (χ3n) is 2.11. The van der Waals surface area contributed by atoms with E-state index in [2.05, 4.69) is 25.3 Å². The number of aryl methyl sites for hydroxylation is 2. The van der Waals surface area contributed by atoms with Crippen molar-refractivity contribution in [2.75, 3.05) is 0 Å². The van der Waals surface area contributed by atoms with E-state index in [0.717, 1.165) is 5.69 Å². The van der Waals surface area contributed by atoms with E-state index in [1.807, 2.05) is 47.4 Å². The number of hydrogen-bond donors (Lipinski definition) is 0. The van der Waals surface area contributed by atoms with Crippen LogP contribution in [0.25, 0.3) is 5.43 Å². The van der Waals surface area contributed by atoms with Gasteiger partial charge in [-0.3, -0.25) is 0 Å². The molecule has 0 spiro atoms. The number of aromatic nitrogens is 1. The second-order valence-corrected chi connectivity index (χ2v) is 3.71. The van der Waals surface area contributed by atoms with Crippen molar-refractivity contribution >= 4 is 5.69 Å². The summed E-state index contributed by atoms with van der Waals surface area (Å²) < 4.78 is 1.86. The normalized spacial score (nSPS) is 10.0. The van der Waals surface area contributed by atoms with Crippen LogP contribution >= 0.6 is 0 Å². The minimum Gasteiger partial charge on any atom is -0.405 e. The van der Waals surface area contributed by atoms with Crippen LogP contribution in [0, 0.1) is 13.8 Å². The first-order chi connectivity index (χ1) is 7.24.